The minimum Gasteiger partial charge on any atom is -0.395 e. The molecule has 0 heterocycles. The van der Waals surface area contributed by atoms with Crippen molar-refractivity contribution in [3.63, 3.8) is 0 Å². The molecule has 0 bridgehead atoms. The summed E-state index contributed by atoms with van der Waals surface area (Å²) in [5, 5.41) is 9.38. The van der Waals surface area contributed by atoms with E-state index in [-0.39, 0.29) is 18.0 Å². The molecule has 1 aromatic carbocycles. The van der Waals surface area contributed by atoms with E-state index in [9.17, 15) is 8.42 Å². The number of hydrogen-bond donors (Lipinski definition) is 1. The number of halogens is 1. The van der Waals surface area contributed by atoms with Gasteiger partial charge in [-0.15, -0.1) is 0 Å². The van der Waals surface area contributed by atoms with Crippen molar-refractivity contribution in [2.45, 2.75) is 18.2 Å². The van der Waals surface area contributed by atoms with Crippen molar-refractivity contribution in [1.82, 2.24) is 4.31 Å². The maximum absolute atomic E-state index is 12.2. The van der Waals surface area contributed by atoms with Crippen LogP contribution in [0.2, 0.25) is 5.02 Å². The molecule has 0 amide bonds. The lowest BCUT2D eigenvalue weighted by Gasteiger charge is -2.20. The third-order valence-electron chi connectivity index (χ3n) is 2.27. The van der Waals surface area contributed by atoms with Crippen LogP contribution in [0.3, 0.4) is 0 Å². The molecule has 0 fully saturated rings. The van der Waals surface area contributed by atoms with Gasteiger partial charge in [-0.05, 0) is 30.7 Å². The van der Waals surface area contributed by atoms with Crippen LogP contribution >= 0.6 is 11.6 Å². The van der Waals surface area contributed by atoms with E-state index in [1.54, 1.807) is 0 Å². The van der Waals surface area contributed by atoms with Crippen LogP contribution in [0.4, 0.5) is 0 Å². The van der Waals surface area contributed by atoms with Gasteiger partial charge in [0.2, 0.25) is 10.0 Å². The Bertz CT molecular complexity index is 438. The van der Waals surface area contributed by atoms with Gasteiger partial charge in [-0.1, -0.05) is 18.5 Å². The minimum absolute atomic E-state index is 0.110. The zero-order valence-electron chi connectivity index (χ0n) is 9.63. The molecule has 0 spiro atoms. The average molecular weight is 278 g/mol. The van der Waals surface area contributed by atoms with Gasteiger partial charge in [0.15, 0.2) is 0 Å². The zero-order valence-corrected chi connectivity index (χ0v) is 11.2. The smallest absolute Gasteiger partial charge is 0.243 e. The number of nitrogens with zero attached hydrogens (tertiary/aromatic N) is 1. The molecular weight excluding hydrogens is 262 g/mol. The molecule has 17 heavy (non-hydrogen) atoms. The molecule has 0 saturated heterocycles. The fourth-order valence-electron chi connectivity index (χ4n) is 1.47. The van der Waals surface area contributed by atoms with Gasteiger partial charge < -0.3 is 5.11 Å². The molecule has 0 aliphatic heterocycles. The van der Waals surface area contributed by atoms with E-state index >= 15 is 0 Å². The molecule has 6 heteroatoms. The van der Waals surface area contributed by atoms with Crippen molar-refractivity contribution < 1.29 is 13.5 Å². The third-order valence-corrected chi connectivity index (χ3v) is 4.44. The first-order valence-corrected chi connectivity index (χ1v) is 7.20. The second-order valence-electron chi connectivity index (χ2n) is 3.58. The van der Waals surface area contributed by atoms with Gasteiger partial charge in [-0.3, -0.25) is 0 Å². The highest BCUT2D eigenvalue weighted by atomic mass is 35.5. The molecule has 0 aliphatic carbocycles. The highest BCUT2D eigenvalue weighted by molar-refractivity contribution is 7.89. The lowest BCUT2D eigenvalue weighted by Crippen LogP contribution is -2.34. The van der Waals surface area contributed by atoms with Crippen LogP contribution in [0.25, 0.3) is 0 Å². The maximum atomic E-state index is 12.2. The average Bonchev–Trinajstić information content (AvgIpc) is 2.29. The number of benzene rings is 1. The van der Waals surface area contributed by atoms with Crippen molar-refractivity contribution in [1.29, 1.82) is 0 Å². The lowest BCUT2D eigenvalue weighted by molar-refractivity contribution is 0.253. The first-order chi connectivity index (χ1) is 8.02. The lowest BCUT2D eigenvalue weighted by atomic mass is 10.4. The summed E-state index contributed by atoms with van der Waals surface area (Å²) in [5.41, 5.74) is 0. The molecule has 0 radical (unpaired) electrons. The summed E-state index contributed by atoms with van der Waals surface area (Å²) < 4.78 is 25.7. The van der Waals surface area contributed by atoms with Crippen molar-refractivity contribution in [3.05, 3.63) is 29.3 Å². The predicted molar refractivity (Wildman–Crippen MR) is 67.6 cm³/mol. The van der Waals surface area contributed by atoms with Gasteiger partial charge in [0, 0.05) is 18.1 Å². The number of aliphatic hydroxyl groups excluding tert-OH is 1. The summed E-state index contributed by atoms with van der Waals surface area (Å²) in [6, 6.07) is 6.02. The van der Waals surface area contributed by atoms with E-state index in [1.807, 2.05) is 6.92 Å². The second-order valence-corrected chi connectivity index (χ2v) is 5.96. The Balaban J connectivity index is 3.02. The fourth-order valence-corrected chi connectivity index (χ4v) is 3.12. The highest BCUT2D eigenvalue weighted by Crippen LogP contribution is 2.18. The molecule has 96 valence electrons. The van der Waals surface area contributed by atoms with Crippen LogP contribution in [0.5, 0.6) is 0 Å². The predicted octanol–water partition coefficient (Wildman–Crippen LogP) is 1.73. The number of aliphatic hydroxyl groups is 1. The summed E-state index contributed by atoms with van der Waals surface area (Å²) in [6.45, 7) is 2.21. The maximum Gasteiger partial charge on any atom is 0.243 e. The Kier molecular flexibility index (Phi) is 5.39. The van der Waals surface area contributed by atoms with Crippen LogP contribution in [0.1, 0.15) is 13.3 Å². The van der Waals surface area contributed by atoms with Crippen molar-refractivity contribution in [2.75, 3.05) is 19.7 Å². The monoisotopic (exact) mass is 277 g/mol. The Morgan fingerprint density at radius 2 is 1.82 bits per heavy atom. The molecule has 0 atom stereocenters. The molecule has 0 aromatic heterocycles. The summed E-state index contributed by atoms with van der Waals surface area (Å²) in [5.74, 6) is 0. The van der Waals surface area contributed by atoms with E-state index in [0.29, 0.717) is 18.0 Å². The molecule has 1 N–H and O–H groups in total. The normalized spacial score (nSPS) is 12.0. The van der Waals surface area contributed by atoms with Gasteiger partial charge in [-0.25, -0.2) is 8.42 Å². The summed E-state index contributed by atoms with van der Waals surface area (Å²) >= 11 is 5.72. The molecule has 0 unspecified atom stereocenters. The van der Waals surface area contributed by atoms with Gasteiger partial charge in [0.25, 0.3) is 0 Å². The standard InChI is InChI=1S/C11H16ClNO3S/c1-2-7-13(8-9-14)17(15,16)11-5-3-10(12)4-6-11/h3-6,14H,2,7-9H2,1H3. The van der Waals surface area contributed by atoms with E-state index in [1.165, 1.54) is 28.6 Å². The Hall–Kier alpha value is -0.620. The van der Waals surface area contributed by atoms with Crippen LogP contribution in [-0.4, -0.2) is 37.5 Å². The molecule has 1 rings (SSSR count). The Labute approximate surface area is 107 Å². The van der Waals surface area contributed by atoms with E-state index in [2.05, 4.69) is 0 Å². The summed E-state index contributed by atoms with van der Waals surface area (Å²) in [6.07, 6.45) is 0.701. The summed E-state index contributed by atoms with van der Waals surface area (Å²) in [4.78, 5) is 0.198. The number of hydrogen-bond acceptors (Lipinski definition) is 3. The van der Waals surface area contributed by atoms with Crippen LogP contribution in [0.15, 0.2) is 29.2 Å². The van der Waals surface area contributed by atoms with Crippen molar-refractivity contribution in [3.8, 4) is 0 Å². The van der Waals surface area contributed by atoms with Crippen LogP contribution in [-0.2, 0) is 10.0 Å². The van der Waals surface area contributed by atoms with Gasteiger partial charge >= 0.3 is 0 Å². The fraction of sp³-hybridized carbons (Fsp3) is 0.455. The van der Waals surface area contributed by atoms with Crippen molar-refractivity contribution in [2.24, 2.45) is 0 Å². The topological polar surface area (TPSA) is 57.6 Å². The van der Waals surface area contributed by atoms with Gasteiger partial charge in [0.1, 0.15) is 0 Å². The summed E-state index contributed by atoms with van der Waals surface area (Å²) in [7, 11) is -3.53. The molecular formula is C11H16ClNO3S. The van der Waals surface area contributed by atoms with E-state index < -0.39 is 10.0 Å². The minimum atomic E-state index is -3.53. The second kappa shape index (κ2) is 6.35. The number of rotatable bonds is 6. The first kappa shape index (κ1) is 14.4. The van der Waals surface area contributed by atoms with E-state index in [0.717, 1.165) is 0 Å². The van der Waals surface area contributed by atoms with Gasteiger partial charge in [0.05, 0.1) is 11.5 Å². The largest absolute Gasteiger partial charge is 0.395 e. The highest BCUT2D eigenvalue weighted by Gasteiger charge is 2.22. The quantitative estimate of drug-likeness (QED) is 0.862. The zero-order chi connectivity index (χ0) is 12.9. The van der Waals surface area contributed by atoms with E-state index in [4.69, 9.17) is 16.7 Å². The number of sulfonamides is 1. The molecule has 0 saturated carbocycles. The molecule has 0 aliphatic rings. The third kappa shape index (κ3) is 3.67. The first-order valence-electron chi connectivity index (χ1n) is 5.39. The molecule has 4 nitrogen and oxygen atoms in total. The van der Waals surface area contributed by atoms with Crippen molar-refractivity contribution >= 4 is 21.6 Å². The van der Waals surface area contributed by atoms with Crippen LogP contribution < -0.4 is 0 Å². The Morgan fingerprint density at radius 1 is 1.24 bits per heavy atom. The Morgan fingerprint density at radius 3 is 2.29 bits per heavy atom. The SMILES string of the molecule is CCCN(CCO)S(=O)(=O)c1ccc(Cl)cc1. The van der Waals surface area contributed by atoms with Gasteiger partial charge in [-0.2, -0.15) is 4.31 Å². The van der Waals surface area contributed by atoms with Crippen LogP contribution in [0, 0.1) is 0 Å². The molecule has 1 aromatic rings.